The van der Waals surface area contributed by atoms with Gasteiger partial charge < -0.3 is 5.32 Å². The Labute approximate surface area is 145 Å². The van der Waals surface area contributed by atoms with Gasteiger partial charge in [-0.2, -0.15) is 0 Å². The van der Waals surface area contributed by atoms with Crippen LogP contribution in [0.3, 0.4) is 0 Å². The van der Waals surface area contributed by atoms with Crippen LogP contribution in [0.25, 0.3) is 0 Å². The molecule has 1 aromatic heterocycles. The van der Waals surface area contributed by atoms with Crippen LogP contribution in [0, 0.1) is 0 Å². The first-order valence-corrected chi connectivity index (χ1v) is 8.11. The number of imide groups is 1. The van der Waals surface area contributed by atoms with E-state index in [1.165, 1.54) is 36.6 Å². The van der Waals surface area contributed by atoms with Gasteiger partial charge in [-0.3, -0.25) is 19.3 Å². The van der Waals surface area contributed by atoms with Gasteiger partial charge in [0.2, 0.25) is 5.91 Å². The van der Waals surface area contributed by atoms with Crippen molar-refractivity contribution in [2.24, 2.45) is 0 Å². The maximum Gasteiger partial charge on any atom is 0.262 e. The van der Waals surface area contributed by atoms with Crippen LogP contribution in [0.5, 0.6) is 0 Å². The lowest BCUT2D eigenvalue weighted by molar-refractivity contribution is -0.119. The van der Waals surface area contributed by atoms with E-state index in [9.17, 15) is 14.4 Å². The summed E-state index contributed by atoms with van der Waals surface area (Å²) in [5.74, 6) is -1.66. The van der Waals surface area contributed by atoms with E-state index in [2.05, 4.69) is 10.3 Å². The van der Waals surface area contributed by atoms with E-state index < -0.39 is 23.8 Å². The molecule has 0 radical (unpaired) electrons. The number of amides is 3. The van der Waals surface area contributed by atoms with Crippen molar-refractivity contribution in [3.8, 4) is 0 Å². The van der Waals surface area contributed by atoms with Gasteiger partial charge in [0, 0.05) is 11.6 Å². The van der Waals surface area contributed by atoms with Crippen LogP contribution in [0.15, 0.2) is 23.7 Å². The molecule has 2 aromatic rings. The lowest BCUT2D eigenvalue weighted by Gasteiger charge is -2.21. The first-order valence-electron chi connectivity index (χ1n) is 6.47. The van der Waals surface area contributed by atoms with Crippen LogP contribution < -0.4 is 5.32 Å². The summed E-state index contributed by atoms with van der Waals surface area (Å²) in [6, 6.07) is 1.68. The topological polar surface area (TPSA) is 79.4 Å². The van der Waals surface area contributed by atoms with E-state index in [0.717, 1.165) is 4.90 Å². The molecule has 0 aliphatic carbocycles. The maximum atomic E-state index is 12.4. The van der Waals surface area contributed by atoms with Crippen molar-refractivity contribution in [2.75, 3.05) is 5.32 Å². The fourth-order valence-corrected chi connectivity index (χ4v) is 3.08. The lowest BCUT2D eigenvalue weighted by atomic mass is 10.1. The summed E-state index contributed by atoms with van der Waals surface area (Å²) in [5, 5.41) is 5.00. The first kappa shape index (κ1) is 15.9. The number of benzene rings is 1. The van der Waals surface area contributed by atoms with Gasteiger partial charge in [-0.15, -0.1) is 11.3 Å². The third-order valence-electron chi connectivity index (χ3n) is 3.39. The minimum Gasteiger partial charge on any atom is -0.300 e. The molecule has 1 atom stereocenters. The molecule has 3 amide bonds. The molecule has 2 heterocycles. The number of fused-ring (bicyclic) bond motifs is 1. The second-order valence-electron chi connectivity index (χ2n) is 4.79. The zero-order chi connectivity index (χ0) is 16.7. The molecule has 1 aliphatic rings. The van der Waals surface area contributed by atoms with Gasteiger partial charge in [-0.1, -0.05) is 23.2 Å². The van der Waals surface area contributed by atoms with Crippen LogP contribution in [0.2, 0.25) is 10.0 Å². The summed E-state index contributed by atoms with van der Waals surface area (Å²) in [6.45, 7) is 1.47. The molecule has 1 aromatic carbocycles. The summed E-state index contributed by atoms with van der Waals surface area (Å²) in [7, 11) is 0. The fourth-order valence-electron chi connectivity index (χ4n) is 2.22. The normalized spacial score (nSPS) is 14.8. The number of anilines is 1. The quantitative estimate of drug-likeness (QED) is 0.843. The largest absolute Gasteiger partial charge is 0.300 e. The van der Waals surface area contributed by atoms with Gasteiger partial charge in [0.1, 0.15) is 6.04 Å². The van der Waals surface area contributed by atoms with Crippen molar-refractivity contribution in [3.63, 3.8) is 0 Å². The minimum atomic E-state index is -0.996. The molecule has 1 N–H and O–H groups in total. The Morgan fingerprint density at radius 1 is 1.22 bits per heavy atom. The molecular weight excluding hydrogens is 361 g/mol. The number of hydrogen-bond acceptors (Lipinski definition) is 5. The van der Waals surface area contributed by atoms with Gasteiger partial charge in [-0.25, -0.2) is 4.98 Å². The number of aromatic nitrogens is 1. The molecule has 0 bridgehead atoms. The van der Waals surface area contributed by atoms with E-state index in [0.29, 0.717) is 5.13 Å². The number of halogens is 2. The van der Waals surface area contributed by atoms with Gasteiger partial charge in [-0.05, 0) is 19.1 Å². The number of thiazole rings is 1. The van der Waals surface area contributed by atoms with Crippen molar-refractivity contribution < 1.29 is 14.4 Å². The number of carbonyl (C=O) groups is 3. The Balaban J connectivity index is 1.88. The number of nitrogens with one attached hydrogen (secondary N) is 1. The fraction of sp³-hybridized carbons (Fsp3) is 0.143. The highest BCUT2D eigenvalue weighted by molar-refractivity contribution is 7.13. The molecule has 0 saturated heterocycles. The maximum absolute atomic E-state index is 12.4. The van der Waals surface area contributed by atoms with Crippen LogP contribution in [0.1, 0.15) is 27.6 Å². The second kappa shape index (κ2) is 5.92. The van der Waals surface area contributed by atoms with Crippen LogP contribution in [-0.2, 0) is 4.79 Å². The lowest BCUT2D eigenvalue weighted by Crippen LogP contribution is -2.45. The van der Waals surface area contributed by atoms with Gasteiger partial charge >= 0.3 is 0 Å². The number of nitrogens with zero attached hydrogens (tertiary/aromatic N) is 2. The van der Waals surface area contributed by atoms with Gasteiger partial charge in [0.05, 0.1) is 21.2 Å². The zero-order valence-corrected chi connectivity index (χ0v) is 14.0. The minimum absolute atomic E-state index is 0.137. The first-order chi connectivity index (χ1) is 10.9. The summed E-state index contributed by atoms with van der Waals surface area (Å²) >= 11 is 13.0. The Kier molecular flexibility index (Phi) is 4.09. The molecule has 9 heteroatoms. The number of hydrogen-bond donors (Lipinski definition) is 1. The van der Waals surface area contributed by atoms with E-state index >= 15 is 0 Å². The SMILES string of the molecule is C[C@@H](C(=O)Nc1nccs1)N1C(=O)c2cc(Cl)c(Cl)cc2C1=O. The van der Waals surface area contributed by atoms with Gasteiger partial charge in [0.15, 0.2) is 5.13 Å². The van der Waals surface area contributed by atoms with Crippen molar-refractivity contribution in [2.45, 2.75) is 13.0 Å². The third kappa shape index (κ3) is 2.71. The molecule has 3 rings (SSSR count). The van der Waals surface area contributed by atoms with Crippen molar-refractivity contribution in [1.29, 1.82) is 0 Å². The van der Waals surface area contributed by atoms with E-state index in [1.807, 2.05) is 0 Å². The Hall–Kier alpha value is -1.96. The molecular formula is C14H9Cl2N3O3S. The predicted molar refractivity (Wildman–Crippen MR) is 87.2 cm³/mol. The molecule has 0 unspecified atom stereocenters. The summed E-state index contributed by atoms with van der Waals surface area (Å²) < 4.78 is 0. The average molecular weight is 370 g/mol. The highest BCUT2D eigenvalue weighted by Crippen LogP contribution is 2.32. The molecule has 23 heavy (non-hydrogen) atoms. The van der Waals surface area contributed by atoms with Crippen molar-refractivity contribution >= 4 is 57.4 Å². The summed E-state index contributed by atoms with van der Waals surface area (Å²) in [6.07, 6.45) is 1.54. The molecule has 0 spiro atoms. The predicted octanol–water partition coefficient (Wildman–Crippen LogP) is 3.07. The highest BCUT2D eigenvalue weighted by Gasteiger charge is 2.41. The van der Waals surface area contributed by atoms with Crippen LogP contribution >= 0.6 is 34.5 Å². The molecule has 0 saturated carbocycles. The van der Waals surface area contributed by atoms with E-state index in [-0.39, 0.29) is 21.2 Å². The van der Waals surface area contributed by atoms with Gasteiger partial charge in [0.25, 0.3) is 11.8 Å². The van der Waals surface area contributed by atoms with Crippen molar-refractivity contribution in [1.82, 2.24) is 9.88 Å². The highest BCUT2D eigenvalue weighted by atomic mass is 35.5. The van der Waals surface area contributed by atoms with E-state index in [4.69, 9.17) is 23.2 Å². The van der Waals surface area contributed by atoms with E-state index in [1.54, 1.807) is 5.38 Å². The molecule has 1 aliphatic heterocycles. The monoisotopic (exact) mass is 369 g/mol. The zero-order valence-electron chi connectivity index (χ0n) is 11.7. The van der Waals surface area contributed by atoms with Crippen LogP contribution in [0.4, 0.5) is 5.13 Å². The Morgan fingerprint density at radius 2 is 1.78 bits per heavy atom. The average Bonchev–Trinajstić information content (AvgIpc) is 3.09. The Morgan fingerprint density at radius 3 is 2.26 bits per heavy atom. The van der Waals surface area contributed by atoms with Crippen LogP contribution in [-0.4, -0.2) is 33.6 Å². The summed E-state index contributed by atoms with van der Waals surface area (Å²) in [5.41, 5.74) is 0.275. The Bertz CT molecular complexity index is 782. The second-order valence-corrected chi connectivity index (χ2v) is 6.50. The molecule has 118 valence electrons. The number of rotatable bonds is 3. The van der Waals surface area contributed by atoms with Crippen molar-refractivity contribution in [3.05, 3.63) is 44.9 Å². The number of carbonyl (C=O) groups excluding carboxylic acids is 3. The third-order valence-corrected chi connectivity index (χ3v) is 4.80. The smallest absolute Gasteiger partial charge is 0.262 e. The molecule has 0 fully saturated rings. The standard InChI is InChI=1S/C14H9Cl2N3O3S/c1-6(11(20)18-14-17-2-3-23-14)19-12(21)7-4-9(15)10(16)5-8(7)13(19)22/h2-6H,1H3,(H,17,18,20)/t6-/m0/s1. The summed E-state index contributed by atoms with van der Waals surface area (Å²) in [4.78, 5) is 41.9. The molecule has 6 nitrogen and oxygen atoms in total.